The molecule has 94 valence electrons. The Kier molecular flexibility index (Phi) is 5.16. The van der Waals surface area contributed by atoms with Gasteiger partial charge in [0.15, 0.2) is 0 Å². The molecule has 0 heterocycles. The molecule has 3 nitrogen and oxygen atoms in total. The maximum absolute atomic E-state index is 11.7. The predicted molar refractivity (Wildman–Crippen MR) is 70.7 cm³/mol. The highest BCUT2D eigenvalue weighted by Crippen LogP contribution is 2.04. The van der Waals surface area contributed by atoms with Crippen LogP contribution in [0.4, 0.5) is 0 Å². The molecule has 1 aromatic carbocycles. The second-order valence-corrected chi connectivity index (χ2v) is 4.68. The standard InChI is InChI=1S/C14H22N2O/c1-10-5-4-6-13(9-10)7-8-16-14(17)11(2)12(3)15/h4-6,9,11-12H,7-8,15H2,1-3H3,(H,16,17). The van der Waals surface area contributed by atoms with Crippen LogP contribution >= 0.6 is 0 Å². The Bertz CT molecular complexity index is 374. The second kappa shape index (κ2) is 6.40. The van der Waals surface area contributed by atoms with E-state index in [1.165, 1.54) is 11.1 Å². The van der Waals surface area contributed by atoms with Crippen molar-refractivity contribution in [2.45, 2.75) is 33.2 Å². The molecule has 1 aromatic rings. The predicted octanol–water partition coefficient (Wildman–Crippen LogP) is 1.64. The Balaban J connectivity index is 2.35. The van der Waals surface area contributed by atoms with E-state index >= 15 is 0 Å². The van der Waals surface area contributed by atoms with Gasteiger partial charge >= 0.3 is 0 Å². The van der Waals surface area contributed by atoms with E-state index in [4.69, 9.17) is 5.73 Å². The molecule has 17 heavy (non-hydrogen) atoms. The van der Waals surface area contributed by atoms with Crippen LogP contribution in [0.1, 0.15) is 25.0 Å². The molecule has 2 atom stereocenters. The molecule has 1 amide bonds. The molecule has 1 rings (SSSR count). The summed E-state index contributed by atoms with van der Waals surface area (Å²) in [5.41, 5.74) is 8.18. The summed E-state index contributed by atoms with van der Waals surface area (Å²) < 4.78 is 0. The van der Waals surface area contributed by atoms with Gasteiger partial charge in [-0.3, -0.25) is 4.79 Å². The normalized spacial score (nSPS) is 14.1. The van der Waals surface area contributed by atoms with Crippen molar-refractivity contribution in [1.82, 2.24) is 5.32 Å². The fourth-order valence-electron chi connectivity index (χ4n) is 1.60. The van der Waals surface area contributed by atoms with Crippen LogP contribution in [0.25, 0.3) is 0 Å². The molecule has 0 aliphatic rings. The summed E-state index contributed by atoms with van der Waals surface area (Å²) in [6, 6.07) is 8.22. The Hall–Kier alpha value is -1.35. The van der Waals surface area contributed by atoms with Gasteiger partial charge < -0.3 is 11.1 Å². The molecular weight excluding hydrogens is 212 g/mol. The van der Waals surface area contributed by atoms with Gasteiger partial charge in [-0.2, -0.15) is 0 Å². The van der Waals surface area contributed by atoms with Crippen LogP contribution in [-0.2, 0) is 11.2 Å². The SMILES string of the molecule is Cc1cccc(CCNC(=O)C(C)C(C)N)c1. The third-order valence-electron chi connectivity index (χ3n) is 3.00. The topological polar surface area (TPSA) is 55.1 Å². The number of nitrogens with two attached hydrogens (primary N) is 1. The molecule has 0 fully saturated rings. The van der Waals surface area contributed by atoms with Crippen molar-refractivity contribution in [2.75, 3.05) is 6.54 Å². The van der Waals surface area contributed by atoms with Crippen molar-refractivity contribution in [2.24, 2.45) is 11.7 Å². The van der Waals surface area contributed by atoms with Crippen LogP contribution in [0.5, 0.6) is 0 Å². The average Bonchev–Trinajstić information content (AvgIpc) is 2.27. The van der Waals surface area contributed by atoms with Gasteiger partial charge in [-0.15, -0.1) is 0 Å². The van der Waals surface area contributed by atoms with E-state index in [0.29, 0.717) is 6.54 Å². The molecular formula is C14H22N2O. The van der Waals surface area contributed by atoms with Crippen LogP contribution in [0, 0.1) is 12.8 Å². The quantitative estimate of drug-likeness (QED) is 0.813. The minimum atomic E-state index is -0.132. The Morgan fingerprint density at radius 3 is 2.71 bits per heavy atom. The molecule has 0 saturated carbocycles. The summed E-state index contributed by atoms with van der Waals surface area (Å²) in [5.74, 6) is -0.0971. The number of aryl methyl sites for hydroxylation is 1. The van der Waals surface area contributed by atoms with Crippen LogP contribution in [0.3, 0.4) is 0 Å². The van der Waals surface area contributed by atoms with Crippen LogP contribution in [0.15, 0.2) is 24.3 Å². The molecule has 0 aliphatic heterocycles. The Labute approximate surface area is 103 Å². The minimum Gasteiger partial charge on any atom is -0.355 e. The Morgan fingerprint density at radius 1 is 1.41 bits per heavy atom. The van der Waals surface area contributed by atoms with E-state index in [9.17, 15) is 4.79 Å². The number of hydrogen-bond donors (Lipinski definition) is 2. The van der Waals surface area contributed by atoms with Crippen LogP contribution in [-0.4, -0.2) is 18.5 Å². The van der Waals surface area contributed by atoms with Crippen molar-refractivity contribution in [3.8, 4) is 0 Å². The average molecular weight is 234 g/mol. The first-order chi connectivity index (χ1) is 8.00. The second-order valence-electron chi connectivity index (χ2n) is 4.68. The van der Waals surface area contributed by atoms with Gasteiger partial charge in [-0.1, -0.05) is 36.8 Å². The Morgan fingerprint density at radius 2 is 2.12 bits per heavy atom. The maximum atomic E-state index is 11.7. The molecule has 2 unspecified atom stereocenters. The highest BCUT2D eigenvalue weighted by atomic mass is 16.1. The van der Waals surface area contributed by atoms with Crippen molar-refractivity contribution >= 4 is 5.91 Å². The zero-order valence-electron chi connectivity index (χ0n) is 10.9. The maximum Gasteiger partial charge on any atom is 0.224 e. The number of rotatable bonds is 5. The summed E-state index contributed by atoms with van der Waals surface area (Å²) in [6.07, 6.45) is 0.860. The zero-order valence-corrected chi connectivity index (χ0v) is 10.9. The molecule has 0 spiro atoms. The summed E-state index contributed by atoms with van der Waals surface area (Å²) in [7, 11) is 0. The van der Waals surface area contributed by atoms with Crippen molar-refractivity contribution < 1.29 is 4.79 Å². The van der Waals surface area contributed by atoms with Crippen molar-refractivity contribution in [3.05, 3.63) is 35.4 Å². The third-order valence-corrected chi connectivity index (χ3v) is 3.00. The van der Waals surface area contributed by atoms with Crippen LogP contribution < -0.4 is 11.1 Å². The van der Waals surface area contributed by atoms with Gasteiger partial charge in [-0.05, 0) is 25.8 Å². The molecule has 3 N–H and O–H groups in total. The lowest BCUT2D eigenvalue weighted by molar-refractivity contribution is -0.124. The number of amides is 1. The molecule has 0 aliphatic carbocycles. The largest absolute Gasteiger partial charge is 0.355 e. The lowest BCUT2D eigenvalue weighted by Crippen LogP contribution is -2.39. The van der Waals surface area contributed by atoms with E-state index in [1.54, 1.807) is 0 Å². The summed E-state index contributed by atoms with van der Waals surface area (Å²) in [4.78, 5) is 11.7. The number of hydrogen-bond acceptors (Lipinski definition) is 2. The molecule has 0 aromatic heterocycles. The smallest absolute Gasteiger partial charge is 0.224 e. The first-order valence-electron chi connectivity index (χ1n) is 6.09. The zero-order chi connectivity index (χ0) is 12.8. The fraction of sp³-hybridized carbons (Fsp3) is 0.500. The molecule has 0 radical (unpaired) electrons. The molecule has 0 bridgehead atoms. The highest BCUT2D eigenvalue weighted by molar-refractivity contribution is 5.78. The van der Waals surface area contributed by atoms with E-state index in [1.807, 2.05) is 19.9 Å². The molecule has 3 heteroatoms. The van der Waals surface area contributed by atoms with Gasteiger partial charge in [-0.25, -0.2) is 0 Å². The van der Waals surface area contributed by atoms with Gasteiger partial charge in [0.1, 0.15) is 0 Å². The number of nitrogens with one attached hydrogen (secondary N) is 1. The minimum absolute atomic E-state index is 0.0349. The molecule has 0 saturated heterocycles. The highest BCUT2D eigenvalue weighted by Gasteiger charge is 2.15. The number of carbonyl (C=O) groups is 1. The summed E-state index contributed by atoms with van der Waals surface area (Å²) in [5, 5.41) is 2.91. The van der Waals surface area contributed by atoms with E-state index in [-0.39, 0.29) is 17.9 Å². The summed E-state index contributed by atoms with van der Waals surface area (Å²) in [6.45, 7) is 6.44. The van der Waals surface area contributed by atoms with Crippen LogP contribution in [0.2, 0.25) is 0 Å². The number of carbonyl (C=O) groups excluding carboxylic acids is 1. The van der Waals surface area contributed by atoms with Crippen molar-refractivity contribution in [1.29, 1.82) is 0 Å². The number of benzene rings is 1. The van der Waals surface area contributed by atoms with E-state index < -0.39 is 0 Å². The van der Waals surface area contributed by atoms with Gasteiger partial charge in [0.05, 0.1) is 0 Å². The van der Waals surface area contributed by atoms with E-state index in [2.05, 4.69) is 30.4 Å². The lowest BCUT2D eigenvalue weighted by Gasteiger charge is -2.15. The monoisotopic (exact) mass is 234 g/mol. The lowest BCUT2D eigenvalue weighted by atomic mass is 10.0. The van der Waals surface area contributed by atoms with Gasteiger partial charge in [0, 0.05) is 18.5 Å². The third kappa shape index (κ3) is 4.57. The first kappa shape index (κ1) is 13.7. The van der Waals surface area contributed by atoms with Gasteiger partial charge in [0.2, 0.25) is 5.91 Å². The first-order valence-corrected chi connectivity index (χ1v) is 6.09. The van der Waals surface area contributed by atoms with E-state index in [0.717, 1.165) is 6.42 Å². The fourth-order valence-corrected chi connectivity index (χ4v) is 1.60. The van der Waals surface area contributed by atoms with Crippen molar-refractivity contribution in [3.63, 3.8) is 0 Å². The van der Waals surface area contributed by atoms with Gasteiger partial charge in [0.25, 0.3) is 0 Å². The summed E-state index contributed by atoms with van der Waals surface area (Å²) >= 11 is 0.